The number of furan rings is 1. The molecule has 1 amide bonds. The third-order valence-corrected chi connectivity index (χ3v) is 2.69. The van der Waals surface area contributed by atoms with Crippen molar-refractivity contribution in [3.05, 3.63) is 23.1 Å². The molecule has 0 saturated heterocycles. The number of halogens is 1. The molecule has 96 valence electrons. The van der Waals surface area contributed by atoms with Crippen LogP contribution in [0.25, 0.3) is 0 Å². The van der Waals surface area contributed by atoms with Crippen LogP contribution in [0.5, 0.6) is 0 Å². The van der Waals surface area contributed by atoms with Gasteiger partial charge in [-0.2, -0.15) is 0 Å². The number of amides is 1. The molecule has 0 aliphatic heterocycles. The molecule has 1 aromatic rings. The number of hydrogen-bond donors (Lipinski definition) is 0. The van der Waals surface area contributed by atoms with Crippen LogP contribution in [0.1, 0.15) is 23.9 Å². The maximum atomic E-state index is 12.0. The van der Waals surface area contributed by atoms with Crippen LogP contribution < -0.4 is 0 Å². The summed E-state index contributed by atoms with van der Waals surface area (Å²) in [4.78, 5) is 15.9. The van der Waals surface area contributed by atoms with E-state index in [0.717, 1.165) is 19.5 Å². The first-order valence-corrected chi connectivity index (χ1v) is 6.11. The van der Waals surface area contributed by atoms with Crippen molar-refractivity contribution in [2.24, 2.45) is 0 Å². The quantitative estimate of drug-likeness (QED) is 0.786. The Morgan fingerprint density at radius 3 is 2.53 bits per heavy atom. The van der Waals surface area contributed by atoms with E-state index in [-0.39, 0.29) is 11.1 Å². The molecule has 0 bridgehead atoms. The van der Waals surface area contributed by atoms with Gasteiger partial charge in [-0.15, -0.1) is 0 Å². The van der Waals surface area contributed by atoms with E-state index in [0.29, 0.717) is 12.3 Å². The zero-order valence-corrected chi connectivity index (χ0v) is 11.3. The van der Waals surface area contributed by atoms with E-state index in [2.05, 4.69) is 4.90 Å². The Balaban J connectivity index is 2.52. The molecule has 0 aromatic carbocycles. The molecular formula is C12H19ClN2O2. The summed E-state index contributed by atoms with van der Waals surface area (Å²) in [6, 6.07) is 3.20. The number of carbonyl (C=O) groups is 1. The molecule has 0 spiro atoms. The van der Waals surface area contributed by atoms with Gasteiger partial charge in [0.1, 0.15) is 0 Å². The lowest BCUT2D eigenvalue weighted by atomic mass is 10.3. The SMILES string of the molecule is CCN(CCCN(C)C)C(=O)c1ccc(Cl)o1. The van der Waals surface area contributed by atoms with Crippen molar-refractivity contribution in [1.29, 1.82) is 0 Å². The predicted molar refractivity (Wildman–Crippen MR) is 68.5 cm³/mol. The van der Waals surface area contributed by atoms with Gasteiger partial charge in [-0.25, -0.2) is 0 Å². The number of nitrogens with zero attached hydrogens (tertiary/aromatic N) is 2. The van der Waals surface area contributed by atoms with E-state index in [4.69, 9.17) is 16.0 Å². The summed E-state index contributed by atoms with van der Waals surface area (Å²) >= 11 is 5.65. The van der Waals surface area contributed by atoms with Crippen LogP contribution in [0, 0.1) is 0 Å². The summed E-state index contributed by atoms with van der Waals surface area (Å²) in [6.45, 7) is 4.32. The van der Waals surface area contributed by atoms with Gasteiger partial charge in [0.15, 0.2) is 11.0 Å². The normalized spacial score (nSPS) is 10.9. The Morgan fingerprint density at radius 1 is 1.35 bits per heavy atom. The highest BCUT2D eigenvalue weighted by Gasteiger charge is 2.17. The van der Waals surface area contributed by atoms with E-state index in [1.165, 1.54) is 0 Å². The van der Waals surface area contributed by atoms with Gasteiger partial charge < -0.3 is 14.2 Å². The highest BCUT2D eigenvalue weighted by Crippen LogP contribution is 2.15. The lowest BCUT2D eigenvalue weighted by molar-refractivity contribution is 0.0727. The van der Waals surface area contributed by atoms with Crippen LogP contribution in [0.3, 0.4) is 0 Å². The molecule has 0 atom stereocenters. The number of hydrogen-bond acceptors (Lipinski definition) is 3. The van der Waals surface area contributed by atoms with Gasteiger partial charge in [-0.05, 0) is 57.7 Å². The van der Waals surface area contributed by atoms with Crippen LogP contribution in [0.2, 0.25) is 5.22 Å². The van der Waals surface area contributed by atoms with Crippen LogP contribution >= 0.6 is 11.6 Å². The van der Waals surface area contributed by atoms with Gasteiger partial charge in [-0.1, -0.05) is 0 Å². The summed E-state index contributed by atoms with van der Waals surface area (Å²) in [7, 11) is 4.04. The first kappa shape index (κ1) is 14.1. The van der Waals surface area contributed by atoms with Crippen molar-refractivity contribution in [1.82, 2.24) is 9.80 Å². The summed E-state index contributed by atoms with van der Waals surface area (Å²) < 4.78 is 5.12. The molecular weight excluding hydrogens is 240 g/mol. The minimum atomic E-state index is -0.0989. The third-order valence-electron chi connectivity index (χ3n) is 2.49. The van der Waals surface area contributed by atoms with Gasteiger partial charge in [-0.3, -0.25) is 4.79 Å². The van der Waals surface area contributed by atoms with E-state index >= 15 is 0 Å². The minimum Gasteiger partial charge on any atom is -0.440 e. The molecule has 0 aliphatic carbocycles. The first-order valence-electron chi connectivity index (χ1n) is 5.74. The first-order chi connectivity index (χ1) is 8.04. The van der Waals surface area contributed by atoms with E-state index in [1.807, 2.05) is 21.0 Å². The zero-order valence-electron chi connectivity index (χ0n) is 10.6. The summed E-state index contributed by atoms with van der Waals surface area (Å²) in [5, 5.41) is 0.248. The Kier molecular flexibility index (Phi) is 5.51. The van der Waals surface area contributed by atoms with Gasteiger partial charge in [0.05, 0.1) is 0 Å². The fourth-order valence-electron chi connectivity index (χ4n) is 1.57. The van der Waals surface area contributed by atoms with Crippen LogP contribution in [-0.2, 0) is 0 Å². The van der Waals surface area contributed by atoms with Crippen molar-refractivity contribution in [2.75, 3.05) is 33.7 Å². The molecule has 1 heterocycles. The van der Waals surface area contributed by atoms with Crippen molar-refractivity contribution in [3.8, 4) is 0 Å². The molecule has 0 fully saturated rings. The molecule has 0 radical (unpaired) electrons. The second-order valence-electron chi connectivity index (χ2n) is 4.15. The molecule has 1 aromatic heterocycles. The Labute approximate surface area is 107 Å². The maximum Gasteiger partial charge on any atom is 0.289 e. The Hall–Kier alpha value is -1.00. The molecule has 5 heteroatoms. The number of carbonyl (C=O) groups excluding carboxylic acids is 1. The van der Waals surface area contributed by atoms with Crippen molar-refractivity contribution < 1.29 is 9.21 Å². The van der Waals surface area contributed by atoms with Gasteiger partial charge in [0.25, 0.3) is 5.91 Å². The molecule has 0 unspecified atom stereocenters. The molecule has 0 saturated carbocycles. The third kappa shape index (κ3) is 4.40. The van der Waals surface area contributed by atoms with E-state index < -0.39 is 0 Å². The zero-order chi connectivity index (χ0) is 12.8. The van der Waals surface area contributed by atoms with Gasteiger partial charge in [0, 0.05) is 13.1 Å². The summed E-state index contributed by atoms with van der Waals surface area (Å²) in [6.07, 6.45) is 0.945. The molecule has 0 aliphatic rings. The molecule has 4 nitrogen and oxygen atoms in total. The van der Waals surface area contributed by atoms with E-state index in [9.17, 15) is 4.79 Å². The highest BCUT2D eigenvalue weighted by atomic mass is 35.5. The average Bonchev–Trinajstić information content (AvgIpc) is 2.70. The lowest BCUT2D eigenvalue weighted by Gasteiger charge is -2.20. The molecule has 0 N–H and O–H groups in total. The topological polar surface area (TPSA) is 36.7 Å². The van der Waals surface area contributed by atoms with Crippen molar-refractivity contribution in [3.63, 3.8) is 0 Å². The monoisotopic (exact) mass is 258 g/mol. The smallest absolute Gasteiger partial charge is 0.289 e. The second kappa shape index (κ2) is 6.67. The van der Waals surface area contributed by atoms with Crippen LogP contribution in [0.15, 0.2) is 16.5 Å². The second-order valence-corrected chi connectivity index (χ2v) is 4.52. The fourth-order valence-corrected chi connectivity index (χ4v) is 1.71. The average molecular weight is 259 g/mol. The van der Waals surface area contributed by atoms with Crippen LogP contribution in [-0.4, -0.2) is 49.4 Å². The standard InChI is InChI=1S/C12H19ClN2O2/c1-4-15(9-5-8-14(2)3)12(16)10-6-7-11(13)17-10/h6-7H,4-5,8-9H2,1-3H3. The fraction of sp³-hybridized carbons (Fsp3) is 0.583. The maximum absolute atomic E-state index is 12.0. The van der Waals surface area contributed by atoms with Crippen molar-refractivity contribution >= 4 is 17.5 Å². The van der Waals surface area contributed by atoms with E-state index in [1.54, 1.807) is 17.0 Å². The summed E-state index contributed by atoms with van der Waals surface area (Å²) in [5.41, 5.74) is 0. The lowest BCUT2D eigenvalue weighted by Crippen LogP contribution is -2.33. The van der Waals surface area contributed by atoms with Crippen molar-refractivity contribution in [2.45, 2.75) is 13.3 Å². The predicted octanol–water partition coefficient (Wildman–Crippen LogP) is 2.35. The van der Waals surface area contributed by atoms with Crippen LogP contribution in [0.4, 0.5) is 0 Å². The van der Waals surface area contributed by atoms with Gasteiger partial charge in [0.2, 0.25) is 0 Å². The molecule has 1 rings (SSSR count). The Morgan fingerprint density at radius 2 is 2.06 bits per heavy atom. The van der Waals surface area contributed by atoms with Gasteiger partial charge >= 0.3 is 0 Å². The summed E-state index contributed by atoms with van der Waals surface area (Å²) in [5.74, 6) is 0.208. The highest BCUT2D eigenvalue weighted by molar-refractivity contribution is 6.29. The largest absolute Gasteiger partial charge is 0.440 e. The number of rotatable bonds is 6. The minimum absolute atomic E-state index is 0.0989. The molecule has 17 heavy (non-hydrogen) atoms. The Bertz CT molecular complexity index is 363.